The van der Waals surface area contributed by atoms with E-state index in [9.17, 15) is 14.3 Å². The van der Waals surface area contributed by atoms with Crippen LogP contribution in [0, 0.1) is 0 Å². The molecule has 1 aromatic carbocycles. The normalized spacial score (nSPS) is 19.3. The molecule has 1 heterocycles. The minimum Gasteiger partial charge on any atom is -0.481 e. The molecule has 0 amide bonds. The highest BCUT2D eigenvalue weighted by atomic mass is 19.1. The highest BCUT2D eigenvalue weighted by Crippen LogP contribution is 2.55. The van der Waals surface area contributed by atoms with Crippen LogP contribution >= 0.6 is 0 Å². The Morgan fingerprint density at radius 1 is 1.37 bits per heavy atom. The second-order valence-electron chi connectivity index (χ2n) is 5.62. The summed E-state index contributed by atoms with van der Waals surface area (Å²) in [5.41, 5.74) is -1.53. The molecule has 0 bridgehead atoms. The molecule has 1 fully saturated rings. The standard InChI is InChI=1S/C14H15FO4/c1-13(2,15)8-5-9(14(3-4-14)12(16)17)11-10(6-8)18-7-19-11/h5-6H,3-4,7H2,1-2H3,(H,16,17). The Labute approximate surface area is 110 Å². The quantitative estimate of drug-likeness (QED) is 0.914. The zero-order chi connectivity index (χ0) is 13.8. The van der Waals surface area contributed by atoms with Crippen molar-refractivity contribution in [3.8, 4) is 11.5 Å². The highest BCUT2D eigenvalue weighted by Gasteiger charge is 2.54. The molecule has 1 aromatic rings. The van der Waals surface area contributed by atoms with Crippen molar-refractivity contribution in [3.05, 3.63) is 23.3 Å². The first kappa shape index (κ1) is 12.3. The van der Waals surface area contributed by atoms with E-state index in [4.69, 9.17) is 9.47 Å². The molecule has 0 spiro atoms. The number of hydrogen-bond donors (Lipinski definition) is 1. The number of rotatable bonds is 3. The Kier molecular flexibility index (Phi) is 2.34. The van der Waals surface area contributed by atoms with Crippen molar-refractivity contribution in [3.63, 3.8) is 0 Å². The van der Waals surface area contributed by atoms with E-state index in [1.54, 1.807) is 12.1 Å². The van der Waals surface area contributed by atoms with Crippen LogP contribution in [0.3, 0.4) is 0 Å². The van der Waals surface area contributed by atoms with Crippen molar-refractivity contribution in [2.45, 2.75) is 37.8 Å². The van der Waals surface area contributed by atoms with Gasteiger partial charge in [0.05, 0.1) is 5.41 Å². The van der Waals surface area contributed by atoms with Crippen molar-refractivity contribution in [1.29, 1.82) is 0 Å². The molecular formula is C14H15FO4. The lowest BCUT2D eigenvalue weighted by atomic mass is 9.89. The molecule has 0 aromatic heterocycles. The maximum absolute atomic E-state index is 14.1. The van der Waals surface area contributed by atoms with Crippen LogP contribution in [0.25, 0.3) is 0 Å². The number of alkyl halides is 1. The molecule has 1 aliphatic carbocycles. The van der Waals surface area contributed by atoms with E-state index in [-0.39, 0.29) is 6.79 Å². The van der Waals surface area contributed by atoms with Gasteiger partial charge in [0.15, 0.2) is 11.5 Å². The molecule has 4 nitrogen and oxygen atoms in total. The van der Waals surface area contributed by atoms with Crippen molar-refractivity contribution >= 4 is 5.97 Å². The van der Waals surface area contributed by atoms with Gasteiger partial charge in [-0.3, -0.25) is 4.79 Å². The van der Waals surface area contributed by atoms with Crippen LogP contribution in [0.4, 0.5) is 4.39 Å². The molecule has 1 N–H and O–H groups in total. The molecule has 1 saturated carbocycles. The van der Waals surface area contributed by atoms with Gasteiger partial charge in [0.1, 0.15) is 5.67 Å². The number of aliphatic carboxylic acids is 1. The van der Waals surface area contributed by atoms with E-state index in [0.29, 0.717) is 35.5 Å². The van der Waals surface area contributed by atoms with Gasteiger partial charge in [-0.1, -0.05) is 0 Å². The summed E-state index contributed by atoms with van der Waals surface area (Å²) >= 11 is 0. The topological polar surface area (TPSA) is 55.8 Å². The van der Waals surface area contributed by atoms with Crippen LogP contribution in [-0.4, -0.2) is 17.9 Å². The van der Waals surface area contributed by atoms with Crippen molar-refractivity contribution in [1.82, 2.24) is 0 Å². The van der Waals surface area contributed by atoms with Crippen LogP contribution in [-0.2, 0) is 15.9 Å². The predicted octanol–water partition coefficient (Wildman–Crippen LogP) is 2.74. The summed E-state index contributed by atoms with van der Waals surface area (Å²) in [6.07, 6.45) is 1.10. The smallest absolute Gasteiger partial charge is 0.314 e. The van der Waals surface area contributed by atoms with Gasteiger partial charge < -0.3 is 14.6 Å². The van der Waals surface area contributed by atoms with E-state index in [0.717, 1.165) is 0 Å². The van der Waals surface area contributed by atoms with E-state index in [1.807, 2.05) is 0 Å². The maximum atomic E-state index is 14.1. The number of carbonyl (C=O) groups is 1. The largest absolute Gasteiger partial charge is 0.481 e. The number of carboxylic acid groups (broad SMARTS) is 1. The summed E-state index contributed by atoms with van der Waals surface area (Å²) < 4.78 is 24.8. The average Bonchev–Trinajstić information content (AvgIpc) is 2.98. The van der Waals surface area contributed by atoms with Crippen molar-refractivity contribution in [2.75, 3.05) is 6.79 Å². The minimum atomic E-state index is -1.55. The molecule has 2 aliphatic rings. The lowest BCUT2D eigenvalue weighted by molar-refractivity contribution is -0.140. The Morgan fingerprint density at radius 2 is 2.05 bits per heavy atom. The molecule has 0 unspecified atom stereocenters. The molecule has 3 rings (SSSR count). The third kappa shape index (κ3) is 1.76. The summed E-state index contributed by atoms with van der Waals surface area (Å²) in [6.45, 7) is 2.93. The number of carboxylic acids is 1. The molecule has 5 heteroatoms. The average molecular weight is 266 g/mol. The fourth-order valence-electron chi connectivity index (χ4n) is 2.43. The Bertz CT molecular complexity index is 555. The first-order valence-electron chi connectivity index (χ1n) is 6.21. The Morgan fingerprint density at radius 3 is 2.58 bits per heavy atom. The second kappa shape index (κ2) is 3.62. The van der Waals surface area contributed by atoms with Crippen LogP contribution in [0.15, 0.2) is 12.1 Å². The summed E-state index contributed by atoms with van der Waals surface area (Å²) in [6, 6.07) is 3.19. The van der Waals surface area contributed by atoms with Gasteiger partial charge in [0.25, 0.3) is 0 Å². The molecule has 1 aliphatic heterocycles. The van der Waals surface area contributed by atoms with Gasteiger partial charge in [-0.2, -0.15) is 0 Å². The van der Waals surface area contributed by atoms with Crippen molar-refractivity contribution < 1.29 is 23.8 Å². The van der Waals surface area contributed by atoms with Gasteiger partial charge >= 0.3 is 5.97 Å². The molecule has 0 radical (unpaired) electrons. The summed E-state index contributed by atoms with van der Waals surface area (Å²) in [4.78, 5) is 11.5. The zero-order valence-corrected chi connectivity index (χ0v) is 10.8. The van der Waals surface area contributed by atoms with E-state index < -0.39 is 17.1 Å². The predicted molar refractivity (Wildman–Crippen MR) is 65.2 cm³/mol. The summed E-state index contributed by atoms with van der Waals surface area (Å²) in [5.74, 6) is -0.00216. The fourth-order valence-corrected chi connectivity index (χ4v) is 2.43. The lowest BCUT2D eigenvalue weighted by Gasteiger charge is -2.19. The highest BCUT2D eigenvalue weighted by molar-refractivity contribution is 5.86. The molecule has 19 heavy (non-hydrogen) atoms. The van der Waals surface area contributed by atoms with E-state index in [1.165, 1.54) is 13.8 Å². The van der Waals surface area contributed by atoms with Crippen LogP contribution in [0.2, 0.25) is 0 Å². The third-order valence-corrected chi connectivity index (χ3v) is 3.83. The van der Waals surface area contributed by atoms with Crippen LogP contribution in [0.5, 0.6) is 11.5 Å². The van der Waals surface area contributed by atoms with Crippen LogP contribution in [0.1, 0.15) is 37.8 Å². The monoisotopic (exact) mass is 266 g/mol. The fraction of sp³-hybridized carbons (Fsp3) is 0.500. The van der Waals surface area contributed by atoms with Gasteiger partial charge in [-0.25, -0.2) is 4.39 Å². The number of hydrogen-bond acceptors (Lipinski definition) is 3. The zero-order valence-electron chi connectivity index (χ0n) is 10.8. The van der Waals surface area contributed by atoms with Gasteiger partial charge in [-0.15, -0.1) is 0 Å². The Balaban J connectivity index is 2.19. The van der Waals surface area contributed by atoms with Gasteiger partial charge in [0, 0.05) is 5.56 Å². The summed E-state index contributed by atoms with van der Waals surface area (Å²) in [7, 11) is 0. The third-order valence-electron chi connectivity index (χ3n) is 3.83. The number of benzene rings is 1. The Hall–Kier alpha value is -1.78. The molecule has 0 atom stereocenters. The minimum absolute atomic E-state index is 0.0498. The molecule has 102 valence electrons. The van der Waals surface area contributed by atoms with E-state index in [2.05, 4.69) is 0 Å². The number of ether oxygens (including phenoxy) is 2. The van der Waals surface area contributed by atoms with Crippen molar-refractivity contribution in [2.24, 2.45) is 0 Å². The second-order valence-corrected chi connectivity index (χ2v) is 5.62. The lowest BCUT2D eigenvalue weighted by Crippen LogP contribution is -2.21. The van der Waals surface area contributed by atoms with Crippen LogP contribution < -0.4 is 9.47 Å². The summed E-state index contributed by atoms with van der Waals surface area (Å²) in [5, 5.41) is 9.39. The number of fused-ring (bicyclic) bond motifs is 1. The van der Waals surface area contributed by atoms with E-state index >= 15 is 0 Å². The molecular weight excluding hydrogens is 251 g/mol. The molecule has 0 saturated heterocycles. The van der Waals surface area contributed by atoms with Gasteiger partial charge in [-0.05, 0) is 44.4 Å². The maximum Gasteiger partial charge on any atom is 0.314 e. The first-order chi connectivity index (χ1) is 8.84. The first-order valence-corrected chi connectivity index (χ1v) is 6.21. The van der Waals surface area contributed by atoms with Gasteiger partial charge in [0.2, 0.25) is 6.79 Å². The SMILES string of the molecule is CC(C)(F)c1cc2c(c(C3(C(=O)O)CC3)c1)OCO2. The number of halogens is 1.